The standard InChI is InChI=1S/C7H6ClNO2.C7H8ClNO/c8-4-2-1-3-5(9)6(4)7(10)11;8-6-2-1-3-7(9)5(6)4-10/h1-3H,9H2,(H,10,11);1-3,10H,4,9H2. The van der Waals surface area contributed by atoms with Gasteiger partial charge in [0.15, 0.2) is 0 Å². The fourth-order valence-electron chi connectivity index (χ4n) is 1.51. The van der Waals surface area contributed by atoms with Gasteiger partial charge in [-0.05, 0) is 24.3 Å². The van der Waals surface area contributed by atoms with Gasteiger partial charge in [-0.1, -0.05) is 35.3 Å². The summed E-state index contributed by atoms with van der Waals surface area (Å²) in [5, 5.41) is 18.0. The number of hydrogen-bond donors (Lipinski definition) is 4. The molecule has 0 saturated heterocycles. The van der Waals surface area contributed by atoms with Crippen molar-refractivity contribution in [3.05, 3.63) is 57.6 Å². The molecule has 7 heteroatoms. The van der Waals surface area contributed by atoms with Crippen molar-refractivity contribution in [1.82, 2.24) is 0 Å². The van der Waals surface area contributed by atoms with Crippen LogP contribution in [0, 0.1) is 0 Å². The molecule has 5 nitrogen and oxygen atoms in total. The van der Waals surface area contributed by atoms with Crippen molar-refractivity contribution in [2.75, 3.05) is 11.5 Å². The lowest BCUT2D eigenvalue weighted by atomic mass is 10.2. The van der Waals surface area contributed by atoms with E-state index in [1.54, 1.807) is 24.3 Å². The number of aliphatic hydroxyl groups excluding tert-OH is 1. The van der Waals surface area contributed by atoms with Crippen LogP contribution in [-0.2, 0) is 6.61 Å². The lowest BCUT2D eigenvalue weighted by molar-refractivity contribution is 0.0698. The number of nitrogen functional groups attached to an aromatic ring is 2. The van der Waals surface area contributed by atoms with E-state index in [4.69, 9.17) is 44.9 Å². The minimum atomic E-state index is -1.10. The van der Waals surface area contributed by atoms with Crippen molar-refractivity contribution < 1.29 is 15.0 Å². The Hall–Kier alpha value is -1.95. The van der Waals surface area contributed by atoms with Crippen LogP contribution in [0.4, 0.5) is 11.4 Å². The number of carboxylic acid groups (broad SMARTS) is 1. The quantitative estimate of drug-likeness (QED) is 0.633. The van der Waals surface area contributed by atoms with Crippen molar-refractivity contribution in [2.24, 2.45) is 0 Å². The zero-order valence-electron chi connectivity index (χ0n) is 10.9. The van der Waals surface area contributed by atoms with E-state index in [2.05, 4.69) is 0 Å². The Labute approximate surface area is 131 Å². The molecule has 0 unspecified atom stereocenters. The highest BCUT2D eigenvalue weighted by molar-refractivity contribution is 6.34. The van der Waals surface area contributed by atoms with Crippen molar-refractivity contribution >= 4 is 40.5 Å². The van der Waals surface area contributed by atoms with Crippen molar-refractivity contribution in [2.45, 2.75) is 6.61 Å². The number of hydrogen-bond acceptors (Lipinski definition) is 4. The summed E-state index contributed by atoms with van der Waals surface area (Å²) in [4.78, 5) is 10.5. The van der Waals surface area contributed by atoms with Crippen LogP contribution in [0.2, 0.25) is 10.0 Å². The Bertz CT molecular complexity index is 608. The van der Waals surface area contributed by atoms with E-state index in [0.29, 0.717) is 16.3 Å². The number of carbonyl (C=O) groups is 1. The molecule has 112 valence electrons. The zero-order valence-corrected chi connectivity index (χ0v) is 12.4. The van der Waals surface area contributed by atoms with Crippen LogP contribution in [0.25, 0.3) is 0 Å². The van der Waals surface area contributed by atoms with Gasteiger partial charge in [-0.2, -0.15) is 0 Å². The van der Waals surface area contributed by atoms with E-state index < -0.39 is 5.97 Å². The normalized spacial score (nSPS) is 9.67. The van der Waals surface area contributed by atoms with E-state index in [0.717, 1.165) is 0 Å². The third kappa shape index (κ3) is 4.53. The van der Waals surface area contributed by atoms with Gasteiger partial charge >= 0.3 is 5.97 Å². The second kappa shape index (κ2) is 7.73. The minimum Gasteiger partial charge on any atom is -0.478 e. The number of benzene rings is 2. The Morgan fingerprint density at radius 2 is 1.52 bits per heavy atom. The van der Waals surface area contributed by atoms with Crippen molar-refractivity contribution in [3.8, 4) is 0 Å². The molecule has 0 fully saturated rings. The summed E-state index contributed by atoms with van der Waals surface area (Å²) < 4.78 is 0. The predicted octanol–water partition coefficient (Wildman–Crippen LogP) is 3.03. The molecule has 0 amide bonds. The summed E-state index contributed by atoms with van der Waals surface area (Å²) >= 11 is 11.3. The molecular formula is C14H14Cl2N2O3. The Morgan fingerprint density at radius 3 is 1.86 bits per heavy atom. The van der Waals surface area contributed by atoms with E-state index in [1.165, 1.54) is 12.1 Å². The molecule has 0 bridgehead atoms. The van der Waals surface area contributed by atoms with Crippen molar-refractivity contribution in [1.29, 1.82) is 0 Å². The molecule has 0 saturated carbocycles. The van der Waals surface area contributed by atoms with E-state index in [9.17, 15) is 4.79 Å². The molecule has 21 heavy (non-hydrogen) atoms. The third-order valence-electron chi connectivity index (χ3n) is 2.57. The molecule has 0 aliphatic heterocycles. The smallest absolute Gasteiger partial charge is 0.339 e. The molecule has 6 N–H and O–H groups in total. The van der Waals surface area contributed by atoms with Crippen LogP contribution >= 0.6 is 23.2 Å². The molecule has 2 aromatic rings. The van der Waals surface area contributed by atoms with Gasteiger partial charge in [0.25, 0.3) is 0 Å². The molecule has 0 spiro atoms. The lowest BCUT2D eigenvalue weighted by Gasteiger charge is -2.02. The van der Waals surface area contributed by atoms with Crippen LogP contribution in [0.5, 0.6) is 0 Å². The van der Waals surface area contributed by atoms with Crippen LogP contribution < -0.4 is 11.5 Å². The second-order valence-electron chi connectivity index (χ2n) is 3.97. The maximum atomic E-state index is 10.5. The van der Waals surface area contributed by atoms with Gasteiger partial charge in [-0.3, -0.25) is 0 Å². The van der Waals surface area contributed by atoms with Gasteiger partial charge in [-0.15, -0.1) is 0 Å². The van der Waals surface area contributed by atoms with Crippen LogP contribution in [0.1, 0.15) is 15.9 Å². The van der Waals surface area contributed by atoms with Gasteiger partial charge < -0.3 is 21.7 Å². The topological polar surface area (TPSA) is 110 Å². The van der Waals surface area contributed by atoms with E-state index >= 15 is 0 Å². The van der Waals surface area contributed by atoms with E-state index in [1.807, 2.05) is 0 Å². The molecule has 0 atom stereocenters. The average molecular weight is 329 g/mol. The first-order valence-corrected chi connectivity index (χ1v) is 6.55. The number of halogens is 2. The minimum absolute atomic E-state index is 0.0332. The summed E-state index contributed by atoms with van der Waals surface area (Å²) in [6.07, 6.45) is 0. The molecule has 2 aromatic carbocycles. The summed E-state index contributed by atoms with van der Waals surface area (Å²) in [5.74, 6) is -1.10. The van der Waals surface area contributed by atoms with Crippen LogP contribution in [-0.4, -0.2) is 16.2 Å². The number of nitrogens with two attached hydrogens (primary N) is 2. The highest BCUT2D eigenvalue weighted by Crippen LogP contribution is 2.21. The highest BCUT2D eigenvalue weighted by atomic mass is 35.5. The van der Waals surface area contributed by atoms with Gasteiger partial charge in [0.1, 0.15) is 5.56 Å². The Morgan fingerprint density at radius 1 is 1.00 bits per heavy atom. The first-order chi connectivity index (χ1) is 9.88. The first kappa shape index (κ1) is 17.1. The van der Waals surface area contributed by atoms with Gasteiger partial charge in [0.05, 0.1) is 11.6 Å². The van der Waals surface area contributed by atoms with Crippen molar-refractivity contribution in [3.63, 3.8) is 0 Å². The van der Waals surface area contributed by atoms with Gasteiger partial charge in [0, 0.05) is 22.0 Å². The molecule has 0 heterocycles. The Kier molecular flexibility index (Phi) is 6.30. The van der Waals surface area contributed by atoms with Crippen LogP contribution in [0.3, 0.4) is 0 Å². The van der Waals surface area contributed by atoms with Gasteiger partial charge in [-0.25, -0.2) is 4.79 Å². The molecule has 2 rings (SSSR count). The van der Waals surface area contributed by atoms with Crippen LogP contribution in [0.15, 0.2) is 36.4 Å². The fourth-order valence-corrected chi connectivity index (χ4v) is 2.01. The number of anilines is 2. The number of rotatable bonds is 2. The van der Waals surface area contributed by atoms with Gasteiger partial charge in [0.2, 0.25) is 0 Å². The number of carboxylic acids is 1. The highest BCUT2D eigenvalue weighted by Gasteiger charge is 2.10. The molecule has 0 radical (unpaired) electrons. The largest absolute Gasteiger partial charge is 0.478 e. The molecule has 0 aliphatic carbocycles. The summed E-state index contributed by atoms with van der Waals surface area (Å²) in [5.41, 5.74) is 12.1. The Balaban J connectivity index is 0.000000211. The summed E-state index contributed by atoms with van der Waals surface area (Å²) in [7, 11) is 0. The first-order valence-electron chi connectivity index (χ1n) is 5.79. The second-order valence-corrected chi connectivity index (χ2v) is 4.79. The number of aromatic carboxylic acids is 1. The molecular weight excluding hydrogens is 315 g/mol. The van der Waals surface area contributed by atoms with E-state index in [-0.39, 0.29) is 22.9 Å². The molecule has 0 aromatic heterocycles. The summed E-state index contributed by atoms with van der Waals surface area (Å²) in [6, 6.07) is 9.73. The average Bonchev–Trinajstić information content (AvgIpc) is 2.39. The SMILES string of the molecule is Nc1cccc(Cl)c1C(=O)O.Nc1cccc(Cl)c1CO. The third-order valence-corrected chi connectivity index (χ3v) is 3.24. The predicted molar refractivity (Wildman–Crippen MR) is 84.6 cm³/mol. The lowest BCUT2D eigenvalue weighted by Crippen LogP contribution is -2.02. The zero-order chi connectivity index (χ0) is 16.0. The maximum absolute atomic E-state index is 10.5. The number of aliphatic hydroxyl groups is 1. The maximum Gasteiger partial charge on any atom is 0.339 e. The fraction of sp³-hybridized carbons (Fsp3) is 0.0714. The summed E-state index contributed by atoms with van der Waals surface area (Å²) in [6.45, 7) is -0.106. The molecule has 0 aliphatic rings. The monoisotopic (exact) mass is 328 g/mol.